The van der Waals surface area contributed by atoms with Crippen LogP contribution in [-0.2, 0) is 14.3 Å². The predicted molar refractivity (Wildman–Crippen MR) is 84.2 cm³/mol. The SMILES string of the molecule is Cc1cc(Cl)cc(C)c1C1C(=O)N(C)C2(CCOCC2)C1=O. The Morgan fingerprint density at radius 2 is 1.73 bits per heavy atom. The maximum Gasteiger partial charge on any atom is 0.238 e. The van der Waals surface area contributed by atoms with Gasteiger partial charge in [0.1, 0.15) is 11.5 Å². The largest absolute Gasteiger partial charge is 0.381 e. The number of carbonyl (C=O) groups excluding carboxylic acids is 2. The van der Waals surface area contributed by atoms with E-state index in [-0.39, 0.29) is 11.7 Å². The number of hydrogen-bond donors (Lipinski definition) is 0. The second-order valence-electron chi connectivity index (χ2n) is 6.29. The number of amides is 1. The lowest BCUT2D eigenvalue weighted by Crippen LogP contribution is -2.51. The van der Waals surface area contributed by atoms with Crippen LogP contribution in [0.2, 0.25) is 5.02 Å². The Bertz CT molecular complexity index is 626. The first kappa shape index (κ1) is 15.5. The number of benzene rings is 1. The Hall–Kier alpha value is -1.39. The van der Waals surface area contributed by atoms with E-state index in [1.165, 1.54) is 0 Å². The minimum atomic E-state index is -0.708. The molecule has 1 aromatic carbocycles. The Kier molecular flexibility index (Phi) is 3.77. The molecule has 0 saturated carbocycles. The number of nitrogens with zero attached hydrogens (tertiary/aromatic N) is 1. The fourth-order valence-electron chi connectivity index (χ4n) is 3.87. The van der Waals surface area contributed by atoms with Gasteiger partial charge in [-0.15, -0.1) is 0 Å². The molecule has 3 rings (SSSR count). The molecule has 118 valence electrons. The van der Waals surface area contributed by atoms with Gasteiger partial charge >= 0.3 is 0 Å². The summed E-state index contributed by atoms with van der Waals surface area (Å²) >= 11 is 6.08. The summed E-state index contributed by atoms with van der Waals surface area (Å²) in [7, 11) is 1.74. The number of carbonyl (C=O) groups is 2. The minimum Gasteiger partial charge on any atom is -0.381 e. The van der Waals surface area contributed by atoms with Gasteiger partial charge in [0.05, 0.1) is 0 Å². The molecular formula is C17H20ClNO3. The third kappa shape index (κ3) is 2.09. The highest BCUT2D eigenvalue weighted by Gasteiger charge is 2.57. The van der Waals surface area contributed by atoms with Crippen LogP contribution < -0.4 is 0 Å². The Morgan fingerprint density at radius 3 is 2.27 bits per heavy atom. The van der Waals surface area contributed by atoms with E-state index in [1.54, 1.807) is 11.9 Å². The van der Waals surface area contributed by atoms with Crippen molar-refractivity contribution in [2.45, 2.75) is 38.1 Å². The number of aryl methyl sites for hydroxylation is 2. The van der Waals surface area contributed by atoms with E-state index in [2.05, 4.69) is 0 Å². The lowest BCUT2D eigenvalue weighted by Gasteiger charge is -2.37. The molecule has 4 nitrogen and oxygen atoms in total. The van der Waals surface area contributed by atoms with E-state index in [9.17, 15) is 9.59 Å². The smallest absolute Gasteiger partial charge is 0.238 e. The summed E-state index contributed by atoms with van der Waals surface area (Å²) < 4.78 is 5.38. The maximum atomic E-state index is 13.1. The molecule has 0 aromatic heterocycles. The highest BCUT2D eigenvalue weighted by atomic mass is 35.5. The lowest BCUT2D eigenvalue weighted by molar-refractivity contribution is -0.135. The van der Waals surface area contributed by atoms with Crippen LogP contribution >= 0.6 is 11.6 Å². The van der Waals surface area contributed by atoms with Crippen LogP contribution in [-0.4, -0.2) is 42.4 Å². The lowest BCUT2D eigenvalue weighted by atomic mass is 9.79. The van der Waals surface area contributed by atoms with E-state index in [1.807, 2.05) is 26.0 Å². The van der Waals surface area contributed by atoms with Crippen LogP contribution in [0.3, 0.4) is 0 Å². The van der Waals surface area contributed by atoms with Gasteiger partial charge in [0.25, 0.3) is 0 Å². The van der Waals surface area contributed by atoms with E-state index >= 15 is 0 Å². The van der Waals surface area contributed by atoms with Crippen LogP contribution in [0.5, 0.6) is 0 Å². The average Bonchev–Trinajstić information content (AvgIpc) is 2.63. The van der Waals surface area contributed by atoms with Gasteiger partial charge < -0.3 is 9.64 Å². The van der Waals surface area contributed by atoms with Gasteiger partial charge in [-0.2, -0.15) is 0 Å². The minimum absolute atomic E-state index is 0.0109. The number of Topliss-reactive ketones (excluding diaryl/α,β-unsaturated/α-hetero) is 1. The molecule has 1 spiro atoms. The molecule has 1 atom stereocenters. The third-order valence-corrected chi connectivity index (χ3v) is 5.33. The molecule has 1 amide bonds. The molecule has 2 fully saturated rings. The van der Waals surface area contributed by atoms with Crippen LogP contribution in [0.25, 0.3) is 0 Å². The number of hydrogen-bond acceptors (Lipinski definition) is 3. The van der Waals surface area contributed by atoms with Crippen LogP contribution in [0.15, 0.2) is 12.1 Å². The summed E-state index contributed by atoms with van der Waals surface area (Å²) in [6, 6.07) is 3.64. The molecular weight excluding hydrogens is 302 g/mol. The van der Waals surface area contributed by atoms with Crippen molar-refractivity contribution in [3.05, 3.63) is 33.8 Å². The standard InChI is InChI=1S/C17H20ClNO3/c1-10-8-12(18)9-11(2)13(10)14-15(20)17(19(3)16(14)21)4-6-22-7-5-17/h8-9,14H,4-7H2,1-3H3. The zero-order chi connectivity index (χ0) is 16.1. The van der Waals surface area contributed by atoms with Crippen LogP contribution in [0.1, 0.15) is 35.4 Å². The number of likely N-dealkylation sites (tertiary alicyclic amines) is 1. The average molecular weight is 322 g/mol. The van der Waals surface area contributed by atoms with Gasteiger partial charge in [-0.05, 0) is 42.7 Å². The maximum absolute atomic E-state index is 13.1. The van der Waals surface area contributed by atoms with Crippen LogP contribution in [0, 0.1) is 13.8 Å². The topological polar surface area (TPSA) is 46.6 Å². The van der Waals surface area contributed by atoms with Crippen molar-refractivity contribution in [3.8, 4) is 0 Å². The zero-order valence-electron chi connectivity index (χ0n) is 13.1. The molecule has 2 aliphatic rings. The number of ether oxygens (including phenoxy) is 1. The van der Waals surface area contributed by atoms with Crippen molar-refractivity contribution in [1.82, 2.24) is 4.90 Å². The first-order chi connectivity index (χ1) is 10.4. The van der Waals surface area contributed by atoms with Gasteiger partial charge in [0.2, 0.25) is 5.91 Å². The van der Waals surface area contributed by atoms with Crippen molar-refractivity contribution < 1.29 is 14.3 Å². The predicted octanol–water partition coefficient (Wildman–Crippen LogP) is 2.63. The molecule has 5 heteroatoms. The summed E-state index contributed by atoms with van der Waals surface area (Å²) in [6.45, 7) is 4.86. The van der Waals surface area contributed by atoms with Crippen molar-refractivity contribution in [2.75, 3.05) is 20.3 Å². The quantitative estimate of drug-likeness (QED) is 0.747. The Balaban J connectivity index is 2.09. The molecule has 0 bridgehead atoms. The Morgan fingerprint density at radius 1 is 1.18 bits per heavy atom. The second kappa shape index (κ2) is 5.36. The van der Waals surface area contributed by atoms with Crippen molar-refractivity contribution in [3.63, 3.8) is 0 Å². The van der Waals surface area contributed by atoms with Gasteiger partial charge in [0, 0.05) is 38.1 Å². The fourth-order valence-corrected chi connectivity index (χ4v) is 4.20. The van der Waals surface area contributed by atoms with E-state index in [0.29, 0.717) is 31.1 Å². The van der Waals surface area contributed by atoms with E-state index < -0.39 is 11.5 Å². The van der Waals surface area contributed by atoms with E-state index in [4.69, 9.17) is 16.3 Å². The summed E-state index contributed by atoms with van der Waals surface area (Å²) in [5, 5.41) is 0.630. The van der Waals surface area contributed by atoms with Gasteiger partial charge in [0.15, 0.2) is 5.78 Å². The number of likely N-dealkylation sites (N-methyl/N-ethyl adjacent to an activating group) is 1. The van der Waals surface area contributed by atoms with Gasteiger partial charge in [-0.25, -0.2) is 0 Å². The number of ketones is 1. The molecule has 0 aliphatic carbocycles. The van der Waals surface area contributed by atoms with E-state index in [0.717, 1.165) is 16.7 Å². The number of rotatable bonds is 1. The zero-order valence-corrected chi connectivity index (χ0v) is 13.9. The molecule has 1 aromatic rings. The first-order valence-corrected chi connectivity index (χ1v) is 7.92. The Labute approximate surface area is 135 Å². The van der Waals surface area contributed by atoms with Crippen LogP contribution in [0.4, 0.5) is 0 Å². The van der Waals surface area contributed by atoms with Crippen molar-refractivity contribution in [2.24, 2.45) is 0 Å². The monoisotopic (exact) mass is 321 g/mol. The summed E-state index contributed by atoms with van der Waals surface area (Å²) in [4.78, 5) is 27.6. The first-order valence-electron chi connectivity index (χ1n) is 7.55. The number of halogens is 1. The van der Waals surface area contributed by atoms with Crippen molar-refractivity contribution in [1.29, 1.82) is 0 Å². The molecule has 1 unspecified atom stereocenters. The van der Waals surface area contributed by atoms with Gasteiger partial charge in [-0.1, -0.05) is 11.6 Å². The second-order valence-corrected chi connectivity index (χ2v) is 6.73. The normalized spacial score (nSPS) is 24.4. The molecule has 22 heavy (non-hydrogen) atoms. The summed E-state index contributed by atoms with van der Waals surface area (Å²) in [5.41, 5.74) is 1.91. The highest BCUT2D eigenvalue weighted by Crippen LogP contribution is 2.43. The molecule has 0 N–H and O–H groups in total. The summed E-state index contributed by atoms with van der Waals surface area (Å²) in [5.74, 6) is -0.808. The highest BCUT2D eigenvalue weighted by molar-refractivity contribution is 6.30. The molecule has 2 aliphatic heterocycles. The molecule has 2 saturated heterocycles. The summed E-state index contributed by atoms with van der Waals surface area (Å²) in [6.07, 6.45) is 1.16. The fraction of sp³-hybridized carbons (Fsp3) is 0.529. The molecule has 0 radical (unpaired) electrons. The van der Waals surface area contributed by atoms with Crippen molar-refractivity contribution >= 4 is 23.3 Å². The third-order valence-electron chi connectivity index (χ3n) is 5.11. The molecule has 2 heterocycles. The van der Waals surface area contributed by atoms with Gasteiger partial charge in [-0.3, -0.25) is 9.59 Å².